The van der Waals surface area contributed by atoms with Gasteiger partial charge < -0.3 is 4.74 Å². The fourth-order valence-electron chi connectivity index (χ4n) is 4.15. The summed E-state index contributed by atoms with van der Waals surface area (Å²) in [5.41, 5.74) is 3.12. The quantitative estimate of drug-likeness (QED) is 0.232. The van der Waals surface area contributed by atoms with Crippen LogP contribution in [-0.2, 0) is 16.6 Å². The minimum atomic E-state index is -3.86. The predicted molar refractivity (Wildman–Crippen MR) is 149 cm³/mol. The Morgan fingerprint density at radius 2 is 1.51 bits per heavy atom. The average molecular weight is 575 g/mol. The number of nitrogens with zero attached hydrogens (tertiary/aromatic N) is 1. The molecule has 1 N–H and O–H groups in total. The second kappa shape index (κ2) is 10.2. The van der Waals surface area contributed by atoms with Crippen molar-refractivity contribution in [3.05, 3.63) is 124 Å². The summed E-state index contributed by atoms with van der Waals surface area (Å²) in [4.78, 5) is 13.6. The maximum Gasteiger partial charge on any atom is 0.262 e. The van der Waals surface area contributed by atoms with Gasteiger partial charge in [0, 0.05) is 23.2 Å². The Hall–Kier alpha value is -3.88. The molecule has 4 aromatic carbocycles. The van der Waals surface area contributed by atoms with Gasteiger partial charge in [0.1, 0.15) is 12.4 Å². The van der Waals surface area contributed by atoms with Crippen LogP contribution < -0.4 is 9.46 Å². The summed E-state index contributed by atoms with van der Waals surface area (Å²) in [5.74, 6) is 0.165. The molecule has 0 saturated carbocycles. The highest BCUT2D eigenvalue weighted by Crippen LogP contribution is 2.42. The zero-order valence-corrected chi connectivity index (χ0v) is 22.3. The number of sulfonamides is 1. The lowest BCUT2D eigenvalue weighted by atomic mass is 10.1. The van der Waals surface area contributed by atoms with Gasteiger partial charge in [0.2, 0.25) is 0 Å². The molecule has 0 amide bonds. The standard InChI is InChI=1S/C29H23BrN2O4S/c1-20-18-32(29(33)22-13-7-3-8-14-22)28-25(36-19-21-11-5-2-6-12-21)17-24(27(30)26(20)28)31-37(34,35)23-15-9-4-10-16-23/h2-18,31H,19H2,1H3. The first kappa shape index (κ1) is 24.8. The monoisotopic (exact) mass is 574 g/mol. The molecular formula is C29H23BrN2O4S. The molecule has 0 radical (unpaired) electrons. The van der Waals surface area contributed by atoms with Gasteiger partial charge in [-0.2, -0.15) is 0 Å². The number of anilines is 1. The van der Waals surface area contributed by atoms with Crippen molar-refractivity contribution < 1.29 is 17.9 Å². The van der Waals surface area contributed by atoms with Crippen molar-refractivity contribution in [1.29, 1.82) is 0 Å². The van der Waals surface area contributed by atoms with E-state index >= 15 is 0 Å². The highest BCUT2D eigenvalue weighted by atomic mass is 79.9. The van der Waals surface area contributed by atoms with E-state index in [1.165, 1.54) is 12.1 Å². The largest absolute Gasteiger partial charge is 0.487 e. The highest BCUT2D eigenvalue weighted by Gasteiger charge is 2.24. The van der Waals surface area contributed by atoms with Gasteiger partial charge in [-0.05, 0) is 58.2 Å². The SMILES string of the molecule is Cc1cn(C(=O)c2ccccc2)c2c(OCc3ccccc3)cc(NS(=O)(=O)c3ccccc3)c(Br)c12. The number of benzene rings is 4. The predicted octanol–water partition coefficient (Wildman–Crippen LogP) is 6.78. The average Bonchev–Trinajstić information content (AvgIpc) is 3.28. The molecule has 5 aromatic rings. The Morgan fingerprint density at radius 3 is 2.16 bits per heavy atom. The molecule has 0 unspecified atom stereocenters. The molecule has 0 bridgehead atoms. The summed E-state index contributed by atoms with van der Waals surface area (Å²) < 4.78 is 37.3. The normalized spacial score (nSPS) is 11.4. The van der Waals surface area contributed by atoms with Crippen LogP contribution in [0.5, 0.6) is 5.75 Å². The van der Waals surface area contributed by atoms with Crippen LogP contribution in [0.3, 0.4) is 0 Å². The molecule has 0 fully saturated rings. The number of hydrogen-bond acceptors (Lipinski definition) is 4. The molecule has 6 nitrogen and oxygen atoms in total. The summed E-state index contributed by atoms with van der Waals surface area (Å²) in [6.07, 6.45) is 1.75. The Morgan fingerprint density at radius 1 is 0.919 bits per heavy atom. The minimum Gasteiger partial charge on any atom is -0.487 e. The van der Waals surface area contributed by atoms with Crippen LogP contribution in [0.4, 0.5) is 5.69 Å². The zero-order valence-electron chi connectivity index (χ0n) is 19.9. The summed E-state index contributed by atoms with van der Waals surface area (Å²) in [6.45, 7) is 2.12. The van der Waals surface area contributed by atoms with Crippen LogP contribution in [0, 0.1) is 6.92 Å². The maximum absolute atomic E-state index is 13.5. The molecule has 0 aliphatic rings. The van der Waals surface area contributed by atoms with E-state index in [9.17, 15) is 13.2 Å². The van der Waals surface area contributed by atoms with E-state index in [2.05, 4.69) is 20.7 Å². The number of aromatic nitrogens is 1. The van der Waals surface area contributed by atoms with Gasteiger partial charge in [-0.3, -0.25) is 14.1 Å². The third kappa shape index (κ3) is 5.03. The number of nitrogens with one attached hydrogen (secondary N) is 1. The molecule has 0 atom stereocenters. The molecule has 37 heavy (non-hydrogen) atoms. The molecule has 0 aliphatic carbocycles. The third-order valence-electron chi connectivity index (χ3n) is 5.93. The third-order valence-corrected chi connectivity index (χ3v) is 8.14. The van der Waals surface area contributed by atoms with E-state index in [4.69, 9.17) is 4.74 Å². The van der Waals surface area contributed by atoms with Crippen LogP contribution >= 0.6 is 15.9 Å². The topological polar surface area (TPSA) is 77.4 Å². The van der Waals surface area contributed by atoms with Crippen LogP contribution in [-0.4, -0.2) is 18.9 Å². The summed E-state index contributed by atoms with van der Waals surface area (Å²) in [6, 6.07) is 28.4. The number of hydrogen-bond donors (Lipinski definition) is 1. The first-order valence-electron chi connectivity index (χ1n) is 11.5. The van der Waals surface area contributed by atoms with Crippen LogP contribution in [0.1, 0.15) is 21.5 Å². The summed E-state index contributed by atoms with van der Waals surface area (Å²) in [7, 11) is -3.86. The number of fused-ring (bicyclic) bond motifs is 1. The number of halogens is 1. The van der Waals surface area contributed by atoms with E-state index < -0.39 is 10.0 Å². The number of rotatable bonds is 7. The van der Waals surface area contributed by atoms with E-state index in [1.54, 1.807) is 47.2 Å². The van der Waals surface area contributed by atoms with Gasteiger partial charge >= 0.3 is 0 Å². The summed E-state index contributed by atoms with van der Waals surface area (Å²) >= 11 is 3.60. The van der Waals surface area contributed by atoms with Gasteiger partial charge in [0.25, 0.3) is 15.9 Å². The molecule has 186 valence electrons. The van der Waals surface area contributed by atoms with Gasteiger partial charge in [-0.1, -0.05) is 66.7 Å². The molecular weight excluding hydrogens is 552 g/mol. The fourth-order valence-corrected chi connectivity index (χ4v) is 6.08. The van der Waals surface area contributed by atoms with Crippen molar-refractivity contribution in [3.8, 4) is 5.75 Å². The number of ether oxygens (including phenoxy) is 1. The minimum absolute atomic E-state index is 0.141. The van der Waals surface area contributed by atoms with Crippen molar-refractivity contribution in [3.63, 3.8) is 0 Å². The lowest BCUT2D eigenvalue weighted by Crippen LogP contribution is -2.14. The van der Waals surface area contributed by atoms with Crippen LogP contribution in [0.25, 0.3) is 10.9 Å². The number of carbonyl (C=O) groups is 1. The molecule has 1 aromatic heterocycles. The molecule has 8 heteroatoms. The smallest absolute Gasteiger partial charge is 0.262 e. The van der Waals surface area contributed by atoms with E-state index in [1.807, 2.05) is 55.5 Å². The van der Waals surface area contributed by atoms with E-state index in [0.29, 0.717) is 32.4 Å². The van der Waals surface area contributed by atoms with Crippen molar-refractivity contribution in [2.24, 2.45) is 0 Å². The Balaban J connectivity index is 1.66. The molecule has 5 rings (SSSR count). The van der Waals surface area contributed by atoms with Crippen molar-refractivity contribution >= 4 is 48.5 Å². The highest BCUT2D eigenvalue weighted by molar-refractivity contribution is 9.10. The first-order chi connectivity index (χ1) is 17.8. The van der Waals surface area contributed by atoms with Gasteiger partial charge in [-0.25, -0.2) is 8.42 Å². The van der Waals surface area contributed by atoms with Crippen molar-refractivity contribution in [2.45, 2.75) is 18.4 Å². The lowest BCUT2D eigenvalue weighted by molar-refractivity contribution is 0.0964. The second-order valence-corrected chi connectivity index (χ2v) is 11.0. The van der Waals surface area contributed by atoms with E-state index in [0.717, 1.165) is 11.1 Å². The fraction of sp³-hybridized carbons (Fsp3) is 0.0690. The van der Waals surface area contributed by atoms with Gasteiger partial charge in [0.05, 0.1) is 20.6 Å². The van der Waals surface area contributed by atoms with Gasteiger partial charge in [-0.15, -0.1) is 0 Å². The van der Waals surface area contributed by atoms with Crippen molar-refractivity contribution in [2.75, 3.05) is 4.72 Å². The molecule has 0 saturated heterocycles. The Labute approximate surface area is 223 Å². The number of carbonyl (C=O) groups excluding carboxylic acids is 1. The maximum atomic E-state index is 13.5. The first-order valence-corrected chi connectivity index (χ1v) is 13.8. The molecule has 0 spiro atoms. The Bertz CT molecular complexity index is 1680. The molecule has 0 aliphatic heterocycles. The van der Waals surface area contributed by atoms with E-state index in [-0.39, 0.29) is 17.4 Å². The second-order valence-electron chi connectivity index (χ2n) is 8.51. The number of aryl methyl sites for hydroxylation is 1. The zero-order chi connectivity index (χ0) is 26.0. The van der Waals surface area contributed by atoms with Crippen LogP contribution in [0.2, 0.25) is 0 Å². The van der Waals surface area contributed by atoms with Crippen LogP contribution in [0.15, 0.2) is 113 Å². The Kier molecular flexibility index (Phi) is 6.86. The van der Waals surface area contributed by atoms with Gasteiger partial charge in [0.15, 0.2) is 0 Å². The lowest BCUT2D eigenvalue weighted by Gasteiger charge is -2.16. The summed E-state index contributed by atoms with van der Waals surface area (Å²) in [5, 5.41) is 0.681. The molecule has 1 heterocycles. The van der Waals surface area contributed by atoms with Crippen molar-refractivity contribution in [1.82, 2.24) is 4.57 Å².